The number of fused-ring (bicyclic) bond motifs is 2. The summed E-state index contributed by atoms with van der Waals surface area (Å²) >= 11 is 0. The molecule has 0 saturated heterocycles. The summed E-state index contributed by atoms with van der Waals surface area (Å²) in [5, 5.41) is 0. The Bertz CT molecular complexity index is 239. The van der Waals surface area contributed by atoms with Crippen molar-refractivity contribution >= 4 is 5.91 Å². The van der Waals surface area contributed by atoms with Gasteiger partial charge in [0.15, 0.2) is 0 Å². The highest BCUT2D eigenvalue weighted by Crippen LogP contribution is 2.48. The molecule has 2 aliphatic carbocycles. The minimum Gasteiger partial charge on any atom is -0.345 e. The van der Waals surface area contributed by atoms with Crippen molar-refractivity contribution in [3.05, 3.63) is 0 Å². The van der Waals surface area contributed by atoms with Gasteiger partial charge in [-0.25, -0.2) is 0 Å². The Morgan fingerprint density at radius 3 is 2.67 bits per heavy atom. The van der Waals surface area contributed by atoms with E-state index >= 15 is 0 Å². The van der Waals surface area contributed by atoms with Gasteiger partial charge >= 0.3 is 0 Å². The lowest BCUT2D eigenvalue weighted by atomic mass is 9.88. The summed E-state index contributed by atoms with van der Waals surface area (Å²) in [6, 6.07) is 0. The van der Waals surface area contributed by atoms with Crippen LogP contribution < -0.4 is 0 Å². The molecule has 3 unspecified atom stereocenters. The van der Waals surface area contributed by atoms with Gasteiger partial charge in [-0.05, 0) is 43.4 Å². The summed E-state index contributed by atoms with van der Waals surface area (Å²) < 4.78 is 0. The van der Waals surface area contributed by atoms with E-state index in [9.17, 15) is 4.79 Å². The minimum atomic E-state index is 0.334. The second-order valence-electron chi connectivity index (χ2n) is 5.46. The predicted octanol–water partition coefficient (Wildman–Crippen LogP) is 2.68. The Hall–Kier alpha value is -0.530. The fraction of sp³-hybridized carbons (Fsp3) is 0.923. The summed E-state index contributed by atoms with van der Waals surface area (Å²) in [4.78, 5) is 13.6. The molecule has 2 nitrogen and oxygen atoms in total. The van der Waals surface area contributed by atoms with Crippen LogP contribution >= 0.6 is 0 Å². The highest BCUT2D eigenvalue weighted by atomic mass is 16.2. The first-order valence-electron chi connectivity index (χ1n) is 6.44. The molecular formula is C13H23NO. The van der Waals surface area contributed by atoms with Gasteiger partial charge in [-0.15, -0.1) is 0 Å². The van der Waals surface area contributed by atoms with Crippen LogP contribution in [-0.2, 0) is 4.79 Å². The smallest absolute Gasteiger partial charge is 0.222 e. The molecule has 2 aliphatic rings. The number of hydrogen-bond donors (Lipinski definition) is 0. The van der Waals surface area contributed by atoms with Gasteiger partial charge in [0.05, 0.1) is 0 Å². The van der Waals surface area contributed by atoms with Gasteiger partial charge in [0.2, 0.25) is 5.91 Å². The summed E-state index contributed by atoms with van der Waals surface area (Å²) in [5.41, 5.74) is 0. The molecule has 15 heavy (non-hydrogen) atoms. The standard InChI is InChI=1S/C13H23NO/c1-3-4-13(15)14(2)9-12-8-10-5-6-11(12)7-10/h10-12H,3-9H2,1-2H3. The zero-order valence-electron chi connectivity index (χ0n) is 10.0. The number of hydrogen-bond acceptors (Lipinski definition) is 1. The van der Waals surface area contributed by atoms with Crippen LogP contribution in [0.3, 0.4) is 0 Å². The molecule has 0 aliphatic heterocycles. The van der Waals surface area contributed by atoms with Crippen LogP contribution in [0.4, 0.5) is 0 Å². The van der Waals surface area contributed by atoms with Gasteiger partial charge in [-0.2, -0.15) is 0 Å². The molecule has 3 atom stereocenters. The van der Waals surface area contributed by atoms with E-state index in [4.69, 9.17) is 0 Å². The fourth-order valence-electron chi connectivity index (χ4n) is 3.46. The highest BCUT2D eigenvalue weighted by Gasteiger charge is 2.39. The second-order valence-corrected chi connectivity index (χ2v) is 5.46. The van der Waals surface area contributed by atoms with Crippen molar-refractivity contribution < 1.29 is 4.79 Å². The molecule has 0 heterocycles. The maximum atomic E-state index is 11.7. The lowest BCUT2D eigenvalue weighted by Crippen LogP contribution is -2.33. The molecule has 2 heteroatoms. The molecule has 2 rings (SSSR count). The number of rotatable bonds is 4. The van der Waals surface area contributed by atoms with E-state index in [0.717, 1.165) is 37.1 Å². The molecule has 0 radical (unpaired) electrons. The molecule has 0 aromatic carbocycles. The molecule has 0 spiro atoms. The zero-order chi connectivity index (χ0) is 10.8. The number of nitrogens with zero attached hydrogens (tertiary/aromatic N) is 1. The second kappa shape index (κ2) is 4.54. The van der Waals surface area contributed by atoms with Gasteiger partial charge in [0.1, 0.15) is 0 Å². The van der Waals surface area contributed by atoms with E-state index in [1.54, 1.807) is 0 Å². The third kappa shape index (κ3) is 2.35. The van der Waals surface area contributed by atoms with E-state index in [-0.39, 0.29) is 0 Å². The van der Waals surface area contributed by atoms with Crippen LogP contribution in [0.25, 0.3) is 0 Å². The molecule has 2 fully saturated rings. The van der Waals surface area contributed by atoms with Crippen molar-refractivity contribution in [3.8, 4) is 0 Å². The van der Waals surface area contributed by atoms with Crippen molar-refractivity contribution in [3.63, 3.8) is 0 Å². The third-order valence-corrected chi connectivity index (χ3v) is 4.28. The first-order valence-corrected chi connectivity index (χ1v) is 6.44. The van der Waals surface area contributed by atoms with E-state index in [2.05, 4.69) is 6.92 Å². The van der Waals surface area contributed by atoms with Gasteiger partial charge in [0, 0.05) is 20.0 Å². The van der Waals surface area contributed by atoms with Crippen molar-refractivity contribution in [1.82, 2.24) is 4.90 Å². The van der Waals surface area contributed by atoms with Crippen LogP contribution in [0, 0.1) is 17.8 Å². The molecule has 1 amide bonds. The van der Waals surface area contributed by atoms with Crippen molar-refractivity contribution in [2.75, 3.05) is 13.6 Å². The highest BCUT2D eigenvalue weighted by molar-refractivity contribution is 5.75. The predicted molar refractivity (Wildman–Crippen MR) is 61.5 cm³/mol. The number of amides is 1. The summed E-state index contributed by atoms with van der Waals surface area (Å²) in [6.45, 7) is 3.09. The van der Waals surface area contributed by atoms with Crippen LogP contribution in [-0.4, -0.2) is 24.4 Å². The van der Waals surface area contributed by atoms with Gasteiger partial charge in [-0.3, -0.25) is 4.79 Å². The lowest BCUT2D eigenvalue weighted by molar-refractivity contribution is -0.130. The van der Waals surface area contributed by atoms with Gasteiger partial charge < -0.3 is 4.90 Å². The Morgan fingerprint density at radius 1 is 1.33 bits per heavy atom. The molecule has 0 N–H and O–H groups in total. The summed E-state index contributed by atoms with van der Waals surface area (Å²) in [7, 11) is 1.98. The van der Waals surface area contributed by atoms with E-state index in [0.29, 0.717) is 5.91 Å². The Balaban J connectivity index is 1.79. The molecule has 2 bridgehead atoms. The average molecular weight is 209 g/mol. The molecular weight excluding hydrogens is 186 g/mol. The topological polar surface area (TPSA) is 20.3 Å². The van der Waals surface area contributed by atoms with Crippen molar-refractivity contribution in [2.24, 2.45) is 17.8 Å². The number of carbonyl (C=O) groups is 1. The largest absolute Gasteiger partial charge is 0.345 e. The first kappa shape index (κ1) is 11.0. The van der Waals surface area contributed by atoms with E-state index in [1.165, 1.54) is 25.7 Å². The fourth-order valence-corrected chi connectivity index (χ4v) is 3.46. The molecule has 0 aromatic rings. The molecule has 86 valence electrons. The van der Waals surface area contributed by atoms with Crippen LogP contribution in [0.2, 0.25) is 0 Å². The Morgan fingerprint density at radius 2 is 2.13 bits per heavy atom. The Kier molecular flexibility index (Phi) is 3.32. The van der Waals surface area contributed by atoms with Gasteiger partial charge in [0.25, 0.3) is 0 Å². The third-order valence-electron chi connectivity index (χ3n) is 4.28. The zero-order valence-corrected chi connectivity index (χ0v) is 10.0. The maximum absolute atomic E-state index is 11.7. The van der Waals surface area contributed by atoms with Crippen LogP contribution in [0.1, 0.15) is 45.4 Å². The van der Waals surface area contributed by atoms with Crippen molar-refractivity contribution in [1.29, 1.82) is 0 Å². The maximum Gasteiger partial charge on any atom is 0.222 e. The van der Waals surface area contributed by atoms with Crippen LogP contribution in [0.5, 0.6) is 0 Å². The minimum absolute atomic E-state index is 0.334. The van der Waals surface area contributed by atoms with Crippen molar-refractivity contribution in [2.45, 2.75) is 45.4 Å². The monoisotopic (exact) mass is 209 g/mol. The quantitative estimate of drug-likeness (QED) is 0.697. The normalized spacial score (nSPS) is 33.3. The average Bonchev–Trinajstić information content (AvgIpc) is 2.79. The van der Waals surface area contributed by atoms with E-state index in [1.807, 2.05) is 11.9 Å². The number of carbonyl (C=O) groups excluding carboxylic acids is 1. The van der Waals surface area contributed by atoms with E-state index < -0.39 is 0 Å². The Labute approximate surface area is 93.0 Å². The van der Waals surface area contributed by atoms with Gasteiger partial charge in [-0.1, -0.05) is 13.3 Å². The summed E-state index contributed by atoms with van der Waals surface area (Å²) in [5.74, 6) is 3.08. The molecule has 2 saturated carbocycles. The SMILES string of the molecule is CCCC(=O)N(C)CC1CC2CCC1C2. The first-order chi connectivity index (χ1) is 7.20. The molecule has 0 aromatic heterocycles. The van der Waals surface area contributed by atoms with Crippen LogP contribution in [0.15, 0.2) is 0 Å². The summed E-state index contributed by atoms with van der Waals surface area (Å²) in [6.07, 6.45) is 7.39. The lowest BCUT2D eigenvalue weighted by Gasteiger charge is -2.27.